The Morgan fingerprint density at radius 2 is 2.10 bits per heavy atom. The van der Waals surface area contributed by atoms with Crippen molar-refractivity contribution in [3.05, 3.63) is 18.7 Å². The lowest BCUT2D eigenvalue weighted by Crippen LogP contribution is -2.37. The maximum Gasteiger partial charge on any atom is 0.449 e. The highest BCUT2D eigenvalue weighted by atomic mass is 31.3. The summed E-state index contributed by atoms with van der Waals surface area (Å²) in [6.07, 6.45) is 3.98. The normalized spacial score (nSPS) is 16.7. The molecule has 1 aromatic rings. The van der Waals surface area contributed by atoms with Gasteiger partial charge in [0.05, 0.1) is 12.9 Å². The van der Waals surface area contributed by atoms with Gasteiger partial charge in [-0.1, -0.05) is 11.3 Å². The molecule has 0 amide bonds. The van der Waals surface area contributed by atoms with Crippen LogP contribution in [0.5, 0.6) is 0 Å². The van der Waals surface area contributed by atoms with E-state index in [9.17, 15) is 24.7 Å². The van der Waals surface area contributed by atoms with E-state index in [0.29, 0.717) is 0 Å². The molecule has 0 aliphatic rings. The van der Waals surface area contributed by atoms with E-state index in [1.807, 2.05) is 5.64 Å². The molecule has 21 heavy (non-hydrogen) atoms. The summed E-state index contributed by atoms with van der Waals surface area (Å²) in [6, 6.07) is 0. The minimum absolute atomic E-state index is 0.276. The molecule has 0 aliphatic heterocycles. The van der Waals surface area contributed by atoms with E-state index >= 15 is 0 Å². The van der Waals surface area contributed by atoms with Gasteiger partial charge in [-0.05, 0) is 6.92 Å². The number of aliphatic hydroxyl groups is 1. The Labute approximate surface area is 121 Å². The fraction of sp³-hybridized carbons (Fsp3) is 0.571. The number of aromatic nitrogens is 2. The number of imidazole rings is 1. The predicted molar refractivity (Wildman–Crippen MR) is 70.0 cm³/mol. The molecule has 0 bridgehead atoms. The zero-order valence-corrected chi connectivity index (χ0v) is 12.7. The molecule has 0 aromatic carbocycles. The van der Waals surface area contributed by atoms with E-state index in [1.54, 1.807) is 12.6 Å². The molecule has 0 spiro atoms. The fourth-order valence-corrected chi connectivity index (χ4v) is 3.06. The zero-order valence-electron chi connectivity index (χ0n) is 10.9. The van der Waals surface area contributed by atoms with Crippen molar-refractivity contribution in [1.82, 2.24) is 20.8 Å². The molecule has 1 rings (SSSR count). The van der Waals surface area contributed by atoms with Gasteiger partial charge in [-0.3, -0.25) is 4.84 Å². The monoisotopic (exact) mass is 347 g/mol. The quantitative estimate of drug-likeness (QED) is 0.149. The van der Waals surface area contributed by atoms with E-state index in [4.69, 9.17) is 0 Å². The highest BCUT2D eigenvalue weighted by molar-refractivity contribution is 7.73. The molecule has 0 fully saturated rings. The van der Waals surface area contributed by atoms with Gasteiger partial charge < -0.3 is 14.6 Å². The molecule has 0 aliphatic carbocycles. The molecule has 7 N–H and O–H groups in total. The van der Waals surface area contributed by atoms with Crippen LogP contribution in [0.3, 0.4) is 0 Å². The smallest absolute Gasteiger partial charge is 0.344 e. The molecule has 122 valence electrons. The third-order valence-corrected chi connectivity index (χ3v) is 5.57. The van der Waals surface area contributed by atoms with Crippen LogP contribution in [0.25, 0.3) is 0 Å². The Balaban J connectivity index is 2.64. The lowest BCUT2D eigenvalue weighted by Gasteiger charge is -2.29. The van der Waals surface area contributed by atoms with E-state index in [-0.39, 0.29) is 6.61 Å². The Morgan fingerprint density at radius 1 is 1.38 bits per heavy atom. The Kier molecular flexibility index (Phi) is 7.44. The Hall–Kier alpha value is -0.330. The van der Waals surface area contributed by atoms with Crippen LogP contribution in [-0.2, 0) is 20.9 Å². The van der Waals surface area contributed by atoms with Crippen molar-refractivity contribution in [3.8, 4) is 0 Å². The fourth-order valence-electron chi connectivity index (χ4n) is 1.13. The molecule has 0 radical (unpaired) electrons. The first kappa shape index (κ1) is 18.7. The summed E-state index contributed by atoms with van der Waals surface area (Å²) in [5.74, 6) is 0. The maximum atomic E-state index is 10.1. The topological polar surface area (TPSA) is 171 Å². The summed E-state index contributed by atoms with van der Waals surface area (Å²) in [6.45, 7) is 1.37. The average molecular weight is 347 g/mol. The van der Waals surface area contributed by atoms with Crippen molar-refractivity contribution in [2.24, 2.45) is 0 Å². The molecule has 12 nitrogen and oxygen atoms in total. The highest BCUT2D eigenvalue weighted by Gasteiger charge is 2.65. The SMILES string of the molecule is CCONONO[P@](O)C(O)(Cn1ccnc1)[P+](O)(O)O. The van der Waals surface area contributed by atoms with Crippen LogP contribution in [-0.4, -0.2) is 45.9 Å². The first-order valence-electron chi connectivity index (χ1n) is 5.50. The van der Waals surface area contributed by atoms with Crippen LogP contribution in [0.1, 0.15) is 6.92 Å². The third-order valence-electron chi connectivity index (χ3n) is 2.15. The molecular formula is C7H17N4O8P2+. The molecule has 0 saturated heterocycles. The van der Waals surface area contributed by atoms with Crippen molar-refractivity contribution >= 4 is 16.3 Å². The van der Waals surface area contributed by atoms with Crippen LogP contribution in [0.2, 0.25) is 0 Å². The molecule has 1 heterocycles. The zero-order chi connectivity index (χ0) is 15.9. The lowest BCUT2D eigenvalue weighted by atomic mass is 10.6. The molecular weight excluding hydrogens is 330 g/mol. The second-order valence-corrected chi connectivity index (χ2v) is 7.34. The Morgan fingerprint density at radius 3 is 2.62 bits per heavy atom. The van der Waals surface area contributed by atoms with Crippen molar-refractivity contribution in [2.45, 2.75) is 18.6 Å². The summed E-state index contributed by atoms with van der Waals surface area (Å²) in [5, 5.41) is 7.40. The summed E-state index contributed by atoms with van der Waals surface area (Å²) in [5.41, 5.74) is 3.63. The second-order valence-electron chi connectivity index (χ2n) is 3.64. The summed E-state index contributed by atoms with van der Waals surface area (Å²) >= 11 is 0. The largest absolute Gasteiger partial charge is 0.449 e. The van der Waals surface area contributed by atoms with Crippen molar-refractivity contribution in [2.75, 3.05) is 6.61 Å². The standard InChI is InChI=1S/C7H17N4O8P2/c1-2-17-9-18-10-19-20(13)7(12,21(14,15)16)5-11-4-3-8-6-11/h3-4,6,9-10,12-16H,2,5H2,1H3/q+1/t7?,20-/m0/s1. The van der Waals surface area contributed by atoms with Gasteiger partial charge in [0.2, 0.25) is 0 Å². The summed E-state index contributed by atoms with van der Waals surface area (Å²) in [7, 11) is -7.85. The van der Waals surface area contributed by atoms with Gasteiger partial charge in [0.15, 0.2) is 0 Å². The van der Waals surface area contributed by atoms with Gasteiger partial charge in [-0.15, -0.1) is 0 Å². The lowest BCUT2D eigenvalue weighted by molar-refractivity contribution is -0.261. The van der Waals surface area contributed by atoms with Crippen molar-refractivity contribution < 1.29 is 39.1 Å². The van der Waals surface area contributed by atoms with Crippen LogP contribution in [0.15, 0.2) is 18.7 Å². The molecule has 14 heteroatoms. The maximum absolute atomic E-state index is 10.1. The highest BCUT2D eigenvalue weighted by Crippen LogP contribution is 2.70. The van der Waals surface area contributed by atoms with Crippen molar-refractivity contribution in [3.63, 3.8) is 0 Å². The van der Waals surface area contributed by atoms with E-state index in [0.717, 1.165) is 0 Å². The number of hydrogen-bond donors (Lipinski definition) is 7. The van der Waals surface area contributed by atoms with Gasteiger partial charge in [-0.2, -0.15) is 19.6 Å². The van der Waals surface area contributed by atoms with E-state index in [1.165, 1.54) is 23.3 Å². The van der Waals surface area contributed by atoms with Gasteiger partial charge in [0.25, 0.3) is 8.38 Å². The van der Waals surface area contributed by atoms with Crippen LogP contribution in [0.4, 0.5) is 0 Å². The average Bonchev–Trinajstić information content (AvgIpc) is 2.89. The minimum Gasteiger partial charge on any atom is -0.344 e. The Bertz CT molecular complexity index is 404. The number of nitrogens with one attached hydrogen (secondary N) is 2. The van der Waals surface area contributed by atoms with Crippen LogP contribution >= 0.6 is 16.3 Å². The second kappa shape index (κ2) is 8.34. The minimum atomic E-state index is -4.88. The van der Waals surface area contributed by atoms with Crippen LogP contribution in [0, 0.1) is 0 Å². The first-order chi connectivity index (χ1) is 9.81. The van der Waals surface area contributed by atoms with Gasteiger partial charge in [-0.25, -0.2) is 9.61 Å². The first-order valence-corrected chi connectivity index (χ1v) is 8.36. The number of hydrogen-bond acceptors (Lipinski definition) is 11. The molecule has 1 aromatic heterocycles. The molecule has 1 unspecified atom stereocenters. The summed E-state index contributed by atoms with van der Waals surface area (Å²) < 4.78 is 5.71. The van der Waals surface area contributed by atoms with Gasteiger partial charge >= 0.3 is 13.0 Å². The summed E-state index contributed by atoms with van der Waals surface area (Å²) in [4.78, 5) is 50.4. The predicted octanol–water partition coefficient (Wildman–Crippen LogP) is -1.52. The van der Waals surface area contributed by atoms with Gasteiger partial charge in [0, 0.05) is 12.4 Å². The molecule has 2 atom stereocenters. The van der Waals surface area contributed by atoms with Crippen molar-refractivity contribution in [1.29, 1.82) is 0 Å². The van der Waals surface area contributed by atoms with E-state index in [2.05, 4.69) is 19.4 Å². The number of rotatable bonds is 10. The van der Waals surface area contributed by atoms with E-state index < -0.39 is 27.9 Å². The number of nitrogens with zero attached hydrogens (tertiary/aromatic N) is 2. The third kappa shape index (κ3) is 5.42. The van der Waals surface area contributed by atoms with Gasteiger partial charge in [0.1, 0.15) is 6.54 Å². The van der Waals surface area contributed by atoms with Crippen LogP contribution < -0.4 is 11.3 Å². The molecule has 0 saturated carbocycles.